The fourth-order valence-corrected chi connectivity index (χ4v) is 3.68. The maximum atomic E-state index is 12.2. The molecule has 0 aliphatic heterocycles. The number of thiophene rings is 1. The molecule has 0 aliphatic carbocycles. The second-order valence-electron chi connectivity index (χ2n) is 5.06. The van der Waals surface area contributed by atoms with E-state index in [-0.39, 0.29) is 5.91 Å². The number of methoxy groups -OCH3 is 1. The van der Waals surface area contributed by atoms with E-state index in [4.69, 9.17) is 16.3 Å². The van der Waals surface area contributed by atoms with Crippen molar-refractivity contribution in [1.82, 2.24) is 0 Å². The van der Waals surface area contributed by atoms with Gasteiger partial charge in [0.1, 0.15) is 5.00 Å². The molecule has 0 radical (unpaired) electrons. The number of hydrogen-bond donors (Lipinski definition) is 1. The van der Waals surface area contributed by atoms with Gasteiger partial charge in [-0.15, -0.1) is 11.3 Å². The highest BCUT2D eigenvalue weighted by Crippen LogP contribution is 2.34. The summed E-state index contributed by atoms with van der Waals surface area (Å²) in [5.74, 6) is -0.755. The van der Waals surface area contributed by atoms with Crippen LogP contribution in [0.15, 0.2) is 30.3 Å². The third-order valence-corrected chi connectivity index (χ3v) is 4.76. The molecule has 1 amide bonds. The van der Waals surface area contributed by atoms with Gasteiger partial charge in [-0.25, -0.2) is 4.79 Å². The zero-order valence-corrected chi connectivity index (χ0v) is 15.3. The largest absolute Gasteiger partial charge is 0.465 e. The highest BCUT2D eigenvalue weighted by Gasteiger charge is 2.22. The van der Waals surface area contributed by atoms with E-state index >= 15 is 0 Å². The molecule has 0 saturated heterocycles. The molecule has 0 fully saturated rings. The fraction of sp³-hybridized carbons (Fsp3) is 0.222. The van der Waals surface area contributed by atoms with Crippen LogP contribution in [0.4, 0.5) is 5.00 Å². The number of hydrogen-bond acceptors (Lipinski definition) is 4. The summed E-state index contributed by atoms with van der Waals surface area (Å²) in [6.45, 7) is 3.89. The third-order valence-electron chi connectivity index (χ3n) is 3.46. The van der Waals surface area contributed by atoms with E-state index in [9.17, 15) is 9.59 Å². The van der Waals surface area contributed by atoms with Crippen LogP contribution >= 0.6 is 22.9 Å². The molecule has 24 heavy (non-hydrogen) atoms. The number of benzene rings is 1. The van der Waals surface area contributed by atoms with E-state index in [2.05, 4.69) is 5.32 Å². The zero-order chi connectivity index (χ0) is 17.7. The fourth-order valence-electron chi connectivity index (χ4n) is 2.35. The van der Waals surface area contributed by atoms with Gasteiger partial charge in [-0.1, -0.05) is 30.7 Å². The van der Waals surface area contributed by atoms with Gasteiger partial charge in [0.05, 0.1) is 12.7 Å². The van der Waals surface area contributed by atoms with Gasteiger partial charge in [0.25, 0.3) is 0 Å². The molecule has 0 unspecified atom stereocenters. The molecule has 1 aromatic heterocycles. The van der Waals surface area contributed by atoms with Gasteiger partial charge in [0.2, 0.25) is 5.91 Å². The first-order chi connectivity index (χ1) is 11.5. The molecule has 1 aromatic carbocycles. The zero-order valence-electron chi connectivity index (χ0n) is 13.7. The number of anilines is 1. The average molecular weight is 364 g/mol. The smallest absolute Gasteiger partial charge is 0.341 e. The van der Waals surface area contributed by atoms with Crippen LogP contribution in [0.1, 0.15) is 33.3 Å². The van der Waals surface area contributed by atoms with Crippen LogP contribution in [-0.4, -0.2) is 19.0 Å². The van der Waals surface area contributed by atoms with Crippen LogP contribution < -0.4 is 5.32 Å². The minimum atomic E-state index is -0.440. The molecule has 0 atom stereocenters. The molecule has 2 aromatic rings. The first-order valence-corrected chi connectivity index (χ1v) is 8.61. The van der Waals surface area contributed by atoms with Crippen molar-refractivity contribution in [1.29, 1.82) is 0 Å². The molecule has 126 valence electrons. The average Bonchev–Trinajstić information content (AvgIpc) is 2.87. The quantitative estimate of drug-likeness (QED) is 0.618. The Morgan fingerprint density at radius 3 is 2.75 bits per heavy atom. The Bertz CT molecular complexity index is 796. The van der Waals surface area contributed by atoms with Crippen LogP contribution in [0.3, 0.4) is 0 Å². The van der Waals surface area contributed by atoms with E-state index in [0.717, 1.165) is 16.0 Å². The first-order valence-electron chi connectivity index (χ1n) is 7.41. The van der Waals surface area contributed by atoms with Crippen molar-refractivity contribution in [2.45, 2.75) is 20.3 Å². The lowest BCUT2D eigenvalue weighted by atomic mass is 10.1. The SMILES string of the molecule is CCc1c(C)sc(NC(=O)/C=C/c2cccc(Cl)c2)c1C(=O)OC. The van der Waals surface area contributed by atoms with E-state index in [1.807, 2.05) is 26.0 Å². The third kappa shape index (κ3) is 4.24. The van der Waals surface area contributed by atoms with E-state index in [1.54, 1.807) is 18.2 Å². The molecular weight excluding hydrogens is 346 g/mol. The lowest BCUT2D eigenvalue weighted by Crippen LogP contribution is -2.12. The molecule has 6 heteroatoms. The normalized spacial score (nSPS) is 10.8. The van der Waals surface area contributed by atoms with Crippen molar-refractivity contribution in [2.24, 2.45) is 0 Å². The second kappa shape index (κ2) is 8.13. The van der Waals surface area contributed by atoms with Gasteiger partial charge in [-0.05, 0) is 42.7 Å². The second-order valence-corrected chi connectivity index (χ2v) is 6.72. The summed E-state index contributed by atoms with van der Waals surface area (Å²) in [6, 6.07) is 7.18. The van der Waals surface area contributed by atoms with Crippen LogP contribution in [0.5, 0.6) is 0 Å². The number of nitrogens with one attached hydrogen (secondary N) is 1. The number of ether oxygens (including phenoxy) is 1. The number of carbonyl (C=O) groups excluding carboxylic acids is 2. The van der Waals surface area contributed by atoms with Crippen LogP contribution in [0.25, 0.3) is 6.08 Å². The Morgan fingerprint density at radius 1 is 1.38 bits per heavy atom. The van der Waals surface area contributed by atoms with Crippen LogP contribution in [-0.2, 0) is 16.0 Å². The molecule has 0 aliphatic rings. The molecule has 4 nitrogen and oxygen atoms in total. The Labute approximate surface area is 150 Å². The lowest BCUT2D eigenvalue weighted by molar-refractivity contribution is -0.111. The monoisotopic (exact) mass is 363 g/mol. The van der Waals surface area contributed by atoms with Gasteiger partial charge in [0, 0.05) is 16.0 Å². The van der Waals surface area contributed by atoms with Crippen molar-refractivity contribution < 1.29 is 14.3 Å². The standard InChI is InChI=1S/C18H18ClNO3S/c1-4-14-11(2)24-17(16(14)18(22)23-3)20-15(21)9-8-12-6-5-7-13(19)10-12/h5-10H,4H2,1-3H3,(H,20,21)/b9-8+. The molecule has 1 N–H and O–H groups in total. The Hall–Kier alpha value is -2.11. The van der Waals surface area contributed by atoms with Crippen molar-refractivity contribution in [3.8, 4) is 0 Å². The predicted octanol–water partition coefficient (Wildman–Crippen LogP) is 4.71. The van der Waals surface area contributed by atoms with E-state index < -0.39 is 5.97 Å². The maximum absolute atomic E-state index is 12.2. The Kier molecular flexibility index (Phi) is 6.17. The highest BCUT2D eigenvalue weighted by atomic mass is 35.5. The van der Waals surface area contributed by atoms with Crippen molar-refractivity contribution >= 4 is 45.9 Å². The Balaban J connectivity index is 2.21. The molecule has 0 spiro atoms. The topological polar surface area (TPSA) is 55.4 Å². The molecular formula is C18H18ClNO3S. The summed E-state index contributed by atoms with van der Waals surface area (Å²) in [5.41, 5.74) is 2.16. The summed E-state index contributed by atoms with van der Waals surface area (Å²) in [7, 11) is 1.33. The van der Waals surface area contributed by atoms with Gasteiger partial charge < -0.3 is 10.1 Å². The van der Waals surface area contributed by atoms with Gasteiger partial charge in [-0.2, -0.15) is 0 Å². The number of carbonyl (C=O) groups is 2. The molecule has 0 bridgehead atoms. The van der Waals surface area contributed by atoms with Crippen molar-refractivity contribution in [3.05, 3.63) is 56.9 Å². The summed E-state index contributed by atoms with van der Waals surface area (Å²) < 4.78 is 4.84. The number of amides is 1. The van der Waals surface area contributed by atoms with Gasteiger partial charge in [0.15, 0.2) is 0 Å². The number of aryl methyl sites for hydroxylation is 1. The first kappa shape index (κ1) is 18.2. The lowest BCUT2D eigenvalue weighted by Gasteiger charge is -2.05. The number of esters is 1. The summed E-state index contributed by atoms with van der Waals surface area (Å²) in [6.07, 6.45) is 3.77. The summed E-state index contributed by atoms with van der Waals surface area (Å²) in [4.78, 5) is 25.2. The number of halogens is 1. The maximum Gasteiger partial charge on any atom is 0.341 e. The van der Waals surface area contributed by atoms with Crippen LogP contribution in [0.2, 0.25) is 5.02 Å². The summed E-state index contributed by atoms with van der Waals surface area (Å²) in [5, 5.41) is 3.88. The van der Waals surface area contributed by atoms with Crippen molar-refractivity contribution in [2.75, 3.05) is 12.4 Å². The molecule has 1 heterocycles. The Morgan fingerprint density at radius 2 is 2.12 bits per heavy atom. The van der Waals surface area contributed by atoms with Gasteiger partial charge >= 0.3 is 5.97 Å². The number of rotatable bonds is 5. The van der Waals surface area contributed by atoms with E-state index in [0.29, 0.717) is 22.0 Å². The van der Waals surface area contributed by atoms with Gasteiger partial charge in [-0.3, -0.25) is 4.79 Å². The van der Waals surface area contributed by atoms with Crippen LogP contribution in [0, 0.1) is 6.92 Å². The minimum Gasteiger partial charge on any atom is -0.465 e. The van der Waals surface area contributed by atoms with Crippen molar-refractivity contribution in [3.63, 3.8) is 0 Å². The van der Waals surface area contributed by atoms with E-state index in [1.165, 1.54) is 24.5 Å². The molecule has 0 saturated carbocycles. The summed E-state index contributed by atoms with van der Waals surface area (Å²) >= 11 is 7.29. The minimum absolute atomic E-state index is 0.316. The molecule has 2 rings (SSSR count). The predicted molar refractivity (Wildman–Crippen MR) is 98.9 cm³/mol. The highest BCUT2D eigenvalue weighted by molar-refractivity contribution is 7.16.